The van der Waals surface area contributed by atoms with Gasteiger partial charge in [0.1, 0.15) is 5.82 Å². The SMILES string of the molecule is C=C1CN=C(c2ccncc2)c2cc(F)c(C)cc2N1/C(C)=C\CC. The molecule has 3 nitrogen and oxygen atoms in total. The fourth-order valence-corrected chi connectivity index (χ4v) is 3.12. The molecule has 0 unspecified atom stereocenters. The van der Waals surface area contributed by atoms with E-state index in [1.54, 1.807) is 25.4 Å². The second-order valence-corrected chi connectivity index (χ2v) is 6.17. The van der Waals surface area contributed by atoms with Gasteiger partial charge in [-0.05, 0) is 50.1 Å². The fourth-order valence-electron chi connectivity index (χ4n) is 3.12. The largest absolute Gasteiger partial charge is 0.317 e. The van der Waals surface area contributed by atoms with Crippen molar-refractivity contribution >= 4 is 11.4 Å². The maximum atomic E-state index is 14.4. The predicted octanol–water partition coefficient (Wildman–Crippen LogP) is 5.01. The molecule has 0 radical (unpaired) electrons. The second-order valence-electron chi connectivity index (χ2n) is 6.17. The van der Waals surface area contributed by atoms with Crippen molar-refractivity contribution in [2.24, 2.45) is 4.99 Å². The highest BCUT2D eigenvalue weighted by Gasteiger charge is 2.24. The van der Waals surface area contributed by atoms with Crippen LogP contribution in [0.25, 0.3) is 0 Å². The lowest BCUT2D eigenvalue weighted by molar-refractivity contribution is 0.618. The topological polar surface area (TPSA) is 28.5 Å². The first-order valence-corrected chi connectivity index (χ1v) is 8.43. The summed E-state index contributed by atoms with van der Waals surface area (Å²) in [6.07, 6.45) is 6.51. The van der Waals surface area contributed by atoms with Crippen LogP contribution in [-0.2, 0) is 0 Å². The molecule has 1 aliphatic heterocycles. The number of benzodiazepines with no additional fused rings is 1. The fraction of sp³-hybridized carbons (Fsp3) is 0.238. The summed E-state index contributed by atoms with van der Waals surface area (Å²) in [4.78, 5) is 10.9. The zero-order valence-corrected chi connectivity index (χ0v) is 14.9. The lowest BCUT2D eigenvalue weighted by atomic mass is 9.98. The molecule has 1 aromatic carbocycles. The van der Waals surface area contributed by atoms with Gasteiger partial charge in [-0.1, -0.05) is 19.6 Å². The molecule has 1 aliphatic rings. The van der Waals surface area contributed by atoms with Crippen molar-refractivity contribution in [1.29, 1.82) is 0 Å². The monoisotopic (exact) mass is 335 g/mol. The maximum absolute atomic E-state index is 14.4. The molecule has 0 saturated carbocycles. The number of rotatable bonds is 3. The number of benzene rings is 1. The molecule has 0 spiro atoms. The van der Waals surface area contributed by atoms with Crippen LogP contribution in [0, 0.1) is 12.7 Å². The predicted molar refractivity (Wildman–Crippen MR) is 102 cm³/mol. The van der Waals surface area contributed by atoms with Gasteiger partial charge < -0.3 is 4.90 Å². The molecule has 0 amide bonds. The van der Waals surface area contributed by atoms with Crippen molar-refractivity contribution in [3.63, 3.8) is 0 Å². The minimum atomic E-state index is -0.231. The summed E-state index contributed by atoms with van der Waals surface area (Å²) in [6.45, 7) is 10.6. The molecule has 0 N–H and O–H groups in total. The molecular weight excluding hydrogens is 313 g/mol. The molecule has 25 heavy (non-hydrogen) atoms. The molecule has 0 atom stereocenters. The molecule has 4 heteroatoms. The molecule has 0 saturated heterocycles. The summed E-state index contributed by atoms with van der Waals surface area (Å²) in [5, 5.41) is 0. The zero-order chi connectivity index (χ0) is 18.0. The van der Waals surface area contributed by atoms with Crippen LogP contribution in [0.15, 0.2) is 65.7 Å². The zero-order valence-electron chi connectivity index (χ0n) is 14.9. The second kappa shape index (κ2) is 7.01. The van der Waals surface area contributed by atoms with Crippen LogP contribution in [0.1, 0.15) is 37.0 Å². The van der Waals surface area contributed by atoms with E-state index in [2.05, 4.69) is 36.4 Å². The van der Waals surface area contributed by atoms with Crippen LogP contribution >= 0.6 is 0 Å². The summed E-state index contributed by atoms with van der Waals surface area (Å²) >= 11 is 0. The van der Waals surface area contributed by atoms with Gasteiger partial charge in [-0.3, -0.25) is 9.98 Å². The normalized spacial score (nSPS) is 14.9. The minimum absolute atomic E-state index is 0.231. The number of allylic oxidation sites excluding steroid dienone is 2. The third kappa shape index (κ3) is 3.25. The number of hydrogen-bond acceptors (Lipinski definition) is 3. The Morgan fingerprint density at radius 1 is 1.32 bits per heavy atom. The third-order valence-electron chi connectivity index (χ3n) is 4.31. The van der Waals surface area contributed by atoms with Gasteiger partial charge in [0.05, 0.1) is 17.9 Å². The van der Waals surface area contributed by atoms with E-state index in [-0.39, 0.29) is 5.82 Å². The number of hydrogen-bond donors (Lipinski definition) is 0. The van der Waals surface area contributed by atoms with Crippen LogP contribution in [0.3, 0.4) is 0 Å². The molecule has 2 heterocycles. The number of anilines is 1. The Morgan fingerprint density at radius 3 is 2.72 bits per heavy atom. The molecule has 2 aromatic rings. The minimum Gasteiger partial charge on any atom is -0.317 e. The van der Waals surface area contributed by atoms with Gasteiger partial charge in [-0.25, -0.2) is 4.39 Å². The van der Waals surface area contributed by atoms with Crippen molar-refractivity contribution in [3.8, 4) is 0 Å². The summed E-state index contributed by atoms with van der Waals surface area (Å²) in [6, 6.07) is 7.25. The molecule has 128 valence electrons. The van der Waals surface area contributed by atoms with Crippen molar-refractivity contribution in [3.05, 3.63) is 83.2 Å². The number of aromatic nitrogens is 1. The van der Waals surface area contributed by atoms with E-state index < -0.39 is 0 Å². The number of fused-ring (bicyclic) bond motifs is 1. The van der Waals surface area contributed by atoms with Gasteiger partial charge in [0.15, 0.2) is 0 Å². The molecular formula is C21H22FN3. The van der Waals surface area contributed by atoms with Crippen LogP contribution in [0.4, 0.5) is 10.1 Å². The highest BCUT2D eigenvalue weighted by molar-refractivity contribution is 6.16. The van der Waals surface area contributed by atoms with E-state index in [9.17, 15) is 4.39 Å². The number of aliphatic imine (C=N–C) groups is 1. The van der Waals surface area contributed by atoms with Crippen LogP contribution in [-0.4, -0.2) is 17.2 Å². The van der Waals surface area contributed by atoms with Crippen LogP contribution < -0.4 is 4.90 Å². The Labute approximate surface area is 148 Å². The number of pyridine rings is 1. The molecule has 0 fully saturated rings. The Kier molecular flexibility index (Phi) is 4.79. The highest BCUT2D eigenvalue weighted by atomic mass is 19.1. The first-order valence-electron chi connectivity index (χ1n) is 8.43. The van der Waals surface area contributed by atoms with Crippen molar-refractivity contribution < 1.29 is 4.39 Å². The third-order valence-corrected chi connectivity index (χ3v) is 4.31. The first-order chi connectivity index (χ1) is 12.0. The lowest BCUT2D eigenvalue weighted by Gasteiger charge is -2.28. The van der Waals surface area contributed by atoms with E-state index in [0.29, 0.717) is 12.1 Å². The van der Waals surface area contributed by atoms with Gasteiger partial charge in [-0.2, -0.15) is 0 Å². The van der Waals surface area contributed by atoms with Crippen LogP contribution in [0.2, 0.25) is 0 Å². The Balaban J connectivity index is 2.26. The molecule has 0 aliphatic carbocycles. The summed E-state index contributed by atoms with van der Waals surface area (Å²) in [5.41, 5.74) is 5.94. The molecule has 1 aromatic heterocycles. The maximum Gasteiger partial charge on any atom is 0.126 e. The summed E-state index contributed by atoms with van der Waals surface area (Å²) in [7, 11) is 0. The first kappa shape index (κ1) is 17.1. The Bertz CT molecular complexity index is 866. The van der Waals surface area contributed by atoms with E-state index in [1.165, 1.54) is 0 Å². The van der Waals surface area contributed by atoms with Crippen molar-refractivity contribution in [2.75, 3.05) is 11.4 Å². The molecule has 0 bridgehead atoms. The lowest BCUT2D eigenvalue weighted by Crippen LogP contribution is -2.22. The van der Waals surface area contributed by atoms with E-state index >= 15 is 0 Å². The average Bonchev–Trinajstić information content (AvgIpc) is 2.73. The van der Waals surface area contributed by atoms with Gasteiger partial charge in [0.25, 0.3) is 0 Å². The van der Waals surface area contributed by atoms with Crippen molar-refractivity contribution in [2.45, 2.75) is 27.2 Å². The van der Waals surface area contributed by atoms with Gasteiger partial charge >= 0.3 is 0 Å². The number of aryl methyl sites for hydroxylation is 1. The van der Waals surface area contributed by atoms with Crippen LogP contribution in [0.5, 0.6) is 0 Å². The van der Waals surface area contributed by atoms with Gasteiger partial charge in [0.2, 0.25) is 0 Å². The number of halogens is 1. The Hall–Kier alpha value is -2.75. The van der Waals surface area contributed by atoms with Crippen molar-refractivity contribution in [1.82, 2.24) is 4.98 Å². The van der Waals surface area contributed by atoms with Gasteiger partial charge in [-0.15, -0.1) is 0 Å². The number of nitrogens with zero attached hydrogens (tertiary/aromatic N) is 3. The van der Waals surface area contributed by atoms with E-state index in [0.717, 1.165) is 40.3 Å². The Morgan fingerprint density at radius 2 is 2.04 bits per heavy atom. The summed E-state index contributed by atoms with van der Waals surface area (Å²) < 4.78 is 14.4. The van der Waals surface area contributed by atoms with Gasteiger partial charge in [0, 0.05) is 34.9 Å². The average molecular weight is 335 g/mol. The van der Waals surface area contributed by atoms with E-state index in [4.69, 9.17) is 4.99 Å². The smallest absolute Gasteiger partial charge is 0.126 e. The quantitative estimate of drug-likeness (QED) is 0.788. The highest BCUT2D eigenvalue weighted by Crippen LogP contribution is 2.34. The van der Waals surface area contributed by atoms with E-state index in [1.807, 2.05) is 18.2 Å². The standard InChI is InChI=1S/C21H22FN3/c1-5-6-15(3)25-16(4)13-24-21(17-7-9-23-10-8-17)18-12-19(22)14(2)11-20(18)25/h6-12H,4-5,13H2,1-3H3/b15-6-. The summed E-state index contributed by atoms with van der Waals surface area (Å²) in [5.74, 6) is -0.231. The molecule has 3 rings (SSSR count).